The van der Waals surface area contributed by atoms with Gasteiger partial charge < -0.3 is 26.2 Å². The Hall–Kier alpha value is -3.55. The average molecular weight is 424 g/mol. The second-order valence-corrected chi connectivity index (χ2v) is 7.79. The Labute approximate surface area is 182 Å². The van der Waals surface area contributed by atoms with E-state index in [0.29, 0.717) is 24.5 Å². The number of likely N-dealkylation sites (tertiary alicyclic amines) is 1. The Bertz CT molecular complexity index is 958. The van der Waals surface area contributed by atoms with Gasteiger partial charge in [-0.05, 0) is 74.2 Å². The molecule has 1 saturated heterocycles. The van der Waals surface area contributed by atoms with Gasteiger partial charge in [0.2, 0.25) is 5.91 Å². The van der Waals surface area contributed by atoms with E-state index in [1.807, 2.05) is 32.0 Å². The van der Waals surface area contributed by atoms with Crippen LogP contribution in [0.2, 0.25) is 0 Å². The van der Waals surface area contributed by atoms with Crippen LogP contribution < -0.4 is 21.3 Å². The SMILES string of the molecule is CNC(=O)[C@@H]1CCCN(C(=O)Nc2ccc(NC(=O)Nc3ccc(C)c(C)c3)cc2)C1. The van der Waals surface area contributed by atoms with Crippen molar-refractivity contribution < 1.29 is 14.4 Å². The number of carbonyl (C=O) groups excluding carboxylic acids is 3. The molecule has 5 amide bonds. The molecule has 2 aromatic rings. The molecule has 4 N–H and O–H groups in total. The highest BCUT2D eigenvalue weighted by atomic mass is 16.2. The standard InChI is InChI=1S/C23H29N5O3/c1-15-6-7-20(13-16(15)2)26-22(30)25-18-8-10-19(11-9-18)27-23(31)28-12-4-5-17(14-28)21(29)24-3/h6-11,13,17H,4-5,12,14H2,1-3H3,(H,24,29)(H,27,31)(H2,25,26,30)/t17-/m1/s1. The lowest BCUT2D eigenvalue weighted by Crippen LogP contribution is -2.46. The van der Waals surface area contributed by atoms with Crippen molar-refractivity contribution in [1.82, 2.24) is 10.2 Å². The number of nitrogens with zero attached hydrogens (tertiary/aromatic N) is 1. The number of carbonyl (C=O) groups is 3. The summed E-state index contributed by atoms with van der Waals surface area (Å²) < 4.78 is 0. The fraction of sp³-hybridized carbons (Fsp3) is 0.348. The molecule has 1 atom stereocenters. The minimum Gasteiger partial charge on any atom is -0.359 e. The molecule has 0 aliphatic carbocycles. The molecule has 0 aromatic heterocycles. The molecule has 0 radical (unpaired) electrons. The fourth-order valence-corrected chi connectivity index (χ4v) is 3.53. The van der Waals surface area contributed by atoms with Gasteiger partial charge in [-0.15, -0.1) is 0 Å². The van der Waals surface area contributed by atoms with Crippen LogP contribution in [0.4, 0.5) is 26.7 Å². The molecule has 2 aromatic carbocycles. The van der Waals surface area contributed by atoms with Crippen molar-refractivity contribution in [3.05, 3.63) is 53.6 Å². The Kier molecular flexibility index (Phi) is 7.12. The lowest BCUT2D eigenvalue weighted by atomic mass is 9.97. The minimum absolute atomic E-state index is 0.0352. The molecule has 0 bridgehead atoms. The van der Waals surface area contributed by atoms with E-state index in [2.05, 4.69) is 21.3 Å². The first-order valence-corrected chi connectivity index (χ1v) is 10.4. The van der Waals surface area contributed by atoms with Crippen LogP contribution in [-0.2, 0) is 4.79 Å². The molecule has 1 heterocycles. The zero-order valence-corrected chi connectivity index (χ0v) is 18.1. The van der Waals surface area contributed by atoms with Crippen LogP contribution in [0.1, 0.15) is 24.0 Å². The van der Waals surface area contributed by atoms with Gasteiger partial charge in [0.05, 0.1) is 5.92 Å². The number of aryl methyl sites for hydroxylation is 2. The van der Waals surface area contributed by atoms with Crippen LogP contribution in [0.25, 0.3) is 0 Å². The summed E-state index contributed by atoms with van der Waals surface area (Å²) in [5.41, 5.74) is 4.22. The zero-order valence-electron chi connectivity index (χ0n) is 18.1. The van der Waals surface area contributed by atoms with E-state index in [4.69, 9.17) is 0 Å². The van der Waals surface area contributed by atoms with Crippen molar-refractivity contribution in [2.45, 2.75) is 26.7 Å². The largest absolute Gasteiger partial charge is 0.359 e. The van der Waals surface area contributed by atoms with Gasteiger partial charge in [0.25, 0.3) is 0 Å². The Morgan fingerprint density at radius 3 is 2.13 bits per heavy atom. The first-order valence-electron chi connectivity index (χ1n) is 10.4. The number of benzene rings is 2. The highest BCUT2D eigenvalue weighted by molar-refractivity contribution is 6.00. The third-order valence-corrected chi connectivity index (χ3v) is 5.48. The minimum atomic E-state index is -0.339. The average Bonchev–Trinajstić information content (AvgIpc) is 2.77. The van der Waals surface area contributed by atoms with Gasteiger partial charge in [-0.2, -0.15) is 0 Å². The van der Waals surface area contributed by atoms with Gasteiger partial charge in [-0.1, -0.05) is 6.07 Å². The maximum absolute atomic E-state index is 12.5. The predicted molar refractivity (Wildman–Crippen MR) is 122 cm³/mol. The summed E-state index contributed by atoms with van der Waals surface area (Å²) in [6.07, 6.45) is 1.58. The predicted octanol–water partition coefficient (Wildman–Crippen LogP) is 3.94. The molecular weight excluding hydrogens is 394 g/mol. The Morgan fingerprint density at radius 1 is 0.871 bits per heavy atom. The number of nitrogens with one attached hydrogen (secondary N) is 4. The molecule has 1 aliphatic heterocycles. The number of hydrogen-bond donors (Lipinski definition) is 4. The summed E-state index contributed by atoms with van der Waals surface area (Å²) in [5, 5.41) is 11.1. The summed E-state index contributed by atoms with van der Waals surface area (Å²) in [4.78, 5) is 38.3. The van der Waals surface area contributed by atoms with Crippen LogP contribution in [0.5, 0.6) is 0 Å². The summed E-state index contributed by atoms with van der Waals surface area (Å²) >= 11 is 0. The molecular formula is C23H29N5O3. The lowest BCUT2D eigenvalue weighted by Gasteiger charge is -2.31. The quantitative estimate of drug-likeness (QED) is 0.599. The van der Waals surface area contributed by atoms with Crippen molar-refractivity contribution in [3.63, 3.8) is 0 Å². The van der Waals surface area contributed by atoms with Gasteiger partial charge in [0.15, 0.2) is 0 Å². The van der Waals surface area contributed by atoms with Gasteiger partial charge in [-0.3, -0.25) is 4.79 Å². The first kappa shape index (κ1) is 22.1. The molecule has 3 rings (SSSR count). The van der Waals surface area contributed by atoms with Crippen LogP contribution in [0.15, 0.2) is 42.5 Å². The van der Waals surface area contributed by atoms with Crippen LogP contribution in [0.3, 0.4) is 0 Å². The number of urea groups is 2. The van der Waals surface area contributed by atoms with Crippen LogP contribution in [-0.4, -0.2) is 43.0 Å². The number of rotatable bonds is 4. The molecule has 0 unspecified atom stereocenters. The fourth-order valence-electron chi connectivity index (χ4n) is 3.53. The molecule has 0 saturated carbocycles. The summed E-state index contributed by atoms with van der Waals surface area (Å²) in [6.45, 7) is 5.04. The van der Waals surface area contributed by atoms with E-state index in [9.17, 15) is 14.4 Å². The van der Waals surface area contributed by atoms with Crippen molar-refractivity contribution in [2.75, 3.05) is 36.1 Å². The van der Waals surface area contributed by atoms with E-state index in [-0.39, 0.29) is 23.9 Å². The number of piperidine rings is 1. The summed E-state index contributed by atoms with van der Waals surface area (Å²) in [5.74, 6) is -0.209. The van der Waals surface area contributed by atoms with Gasteiger partial charge in [0, 0.05) is 37.2 Å². The lowest BCUT2D eigenvalue weighted by molar-refractivity contribution is -0.125. The van der Waals surface area contributed by atoms with Crippen LogP contribution >= 0.6 is 0 Å². The molecule has 0 spiro atoms. The normalized spacial score (nSPS) is 15.7. The summed E-state index contributed by atoms with van der Waals surface area (Å²) in [6, 6.07) is 12.1. The van der Waals surface area contributed by atoms with E-state index in [1.165, 1.54) is 0 Å². The second kappa shape index (κ2) is 9.97. The zero-order chi connectivity index (χ0) is 22.4. The Balaban J connectivity index is 1.52. The molecule has 1 fully saturated rings. The van der Waals surface area contributed by atoms with Gasteiger partial charge in [0.1, 0.15) is 0 Å². The van der Waals surface area contributed by atoms with E-state index < -0.39 is 0 Å². The van der Waals surface area contributed by atoms with Crippen molar-refractivity contribution in [3.8, 4) is 0 Å². The van der Waals surface area contributed by atoms with E-state index in [0.717, 1.165) is 29.7 Å². The smallest absolute Gasteiger partial charge is 0.323 e. The van der Waals surface area contributed by atoms with E-state index >= 15 is 0 Å². The third-order valence-electron chi connectivity index (χ3n) is 5.48. The number of amides is 5. The van der Waals surface area contributed by atoms with Gasteiger partial charge >= 0.3 is 12.1 Å². The third kappa shape index (κ3) is 5.97. The second-order valence-electron chi connectivity index (χ2n) is 7.79. The molecule has 164 valence electrons. The maximum atomic E-state index is 12.5. The van der Waals surface area contributed by atoms with E-state index in [1.54, 1.807) is 36.2 Å². The molecule has 1 aliphatic rings. The maximum Gasteiger partial charge on any atom is 0.323 e. The van der Waals surface area contributed by atoms with Crippen LogP contribution in [0, 0.1) is 19.8 Å². The molecule has 8 heteroatoms. The highest BCUT2D eigenvalue weighted by Gasteiger charge is 2.27. The first-order chi connectivity index (χ1) is 14.9. The van der Waals surface area contributed by atoms with Crippen molar-refractivity contribution >= 4 is 35.0 Å². The topological polar surface area (TPSA) is 103 Å². The molecule has 31 heavy (non-hydrogen) atoms. The number of anilines is 3. The van der Waals surface area contributed by atoms with Gasteiger partial charge in [-0.25, -0.2) is 9.59 Å². The molecule has 8 nitrogen and oxygen atoms in total. The number of hydrogen-bond acceptors (Lipinski definition) is 3. The highest BCUT2D eigenvalue weighted by Crippen LogP contribution is 2.20. The summed E-state index contributed by atoms with van der Waals surface area (Å²) in [7, 11) is 1.61. The van der Waals surface area contributed by atoms with Crippen molar-refractivity contribution in [2.24, 2.45) is 5.92 Å². The Morgan fingerprint density at radius 2 is 1.48 bits per heavy atom. The monoisotopic (exact) mass is 423 g/mol. The van der Waals surface area contributed by atoms with Crippen molar-refractivity contribution in [1.29, 1.82) is 0 Å².